The van der Waals surface area contributed by atoms with Gasteiger partial charge in [-0.05, 0) is 94.6 Å². The molecule has 0 aromatic carbocycles. The van der Waals surface area contributed by atoms with Gasteiger partial charge in [-0.3, -0.25) is 9.59 Å². The maximum absolute atomic E-state index is 14.1. The molecular weight excluding hydrogens is 768 g/mol. The van der Waals surface area contributed by atoms with Crippen LogP contribution in [0.3, 0.4) is 0 Å². The molecule has 2 saturated carbocycles. The number of allylic oxidation sites excluding steroid dienone is 2. The number of aliphatic hydroxyl groups is 5. The number of alkyl halides is 6. The monoisotopic (exact) mass is 821 g/mol. The minimum absolute atomic E-state index is 0.0106. The van der Waals surface area contributed by atoms with Crippen molar-refractivity contribution in [1.82, 2.24) is 15.6 Å². The van der Waals surface area contributed by atoms with Crippen LogP contribution in [0.1, 0.15) is 100 Å². The van der Waals surface area contributed by atoms with Gasteiger partial charge in [0.2, 0.25) is 0 Å². The van der Waals surface area contributed by atoms with E-state index in [0.29, 0.717) is 25.7 Å². The van der Waals surface area contributed by atoms with Crippen LogP contribution in [0.5, 0.6) is 0 Å². The molecule has 2 aliphatic carbocycles. The molecule has 1 aromatic rings. The molecule has 5 rings (SSSR count). The summed E-state index contributed by atoms with van der Waals surface area (Å²) in [4.78, 5) is 30.6. The molecular formula is C39H53F6N3O9. The first-order valence-corrected chi connectivity index (χ1v) is 19.3. The Balaban J connectivity index is 1.35. The summed E-state index contributed by atoms with van der Waals surface area (Å²) < 4.78 is 95.6. The Morgan fingerprint density at radius 2 is 1.19 bits per heavy atom. The zero-order chi connectivity index (χ0) is 42.3. The lowest BCUT2D eigenvalue weighted by atomic mass is 9.60. The third-order valence-corrected chi connectivity index (χ3v) is 12.8. The largest absolute Gasteiger partial charge is 0.504 e. The van der Waals surface area contributed by atoms with Crippen LogP contribution in [0.25, 0.3) is 0 Å². The number of nitrogens with one attached hydrogen (secondary N) is 2. The maximum atomic E-state index is 14.1. The molecule has 12 nitrogen and oxygen atoms in total. The van der Waals surface area contributed by atoms with E-state index in [-0.39, 0.29) is 50.2 Å². The molecule has 2 saturated heterocycles. The fourth-order valence-electron chi connectivity index (χ4n) is 9.57. The van der Waals surface area contributed by atoms with Crippen molar-refractivity contribution in [3.8, 4) is 0 Å². The van der Waals surface area contributed by atoms with Crippen LogP contribution in [0.15, 0.2) is 40.9 Å². The molecule has 3 heterocycles. The Morgan fingerprint density at radius 3 is 1.67 bits per heavy atom. The van der Waals surface area contributed by atoms with Gasteiger partial charge in [0.15, 0.2) is 17.3 Å². The average molecular weight is 822 g/mol. The lowest BCUT2D eigenvalue weighted by Gasteiger charge is -2.49. The van der Waals surface area contributed by atoms with E-state index in [1.807, 2.05) is 13.8 Å². The Labute approximate surface area is 326 Å². The number of amides is 2. The normalized spacial score (nSPS) is 36.0. The molecule has 10 atom stereocenters. The molecule has 2 aliphatic heterocycles. The van der Waals surface area contributed by atoms with Crippen molar-refractivity contribution in [3.63, 3.8) is 0 Å². The molecule has 4 fully saturated rings. The number of aliphatic hydroxyl groups excluding tert-OH is 2. The summed E-state index contributed by atoms with van der Waals surface area (Å²) in [6.45, 7) is 4.34. The van der Waals surface area contributed by atoms with Crippen molar-refractivity contribution in [2.75, 3.05) is 26.3 Å². The Morgan fingerprint density at radius 1 is 0.737 bits per heavy atom. The summed E-state index contributed by atoms with van der Waals surface area (Å²) in [7, 11) is 0. The van der Waals surface area contributed by atoms with Gasteiger partial charge >= 0.3 is 12.4 Å². The van der Waals surface area contributed by atoms with E-state index in [1.165, 1.54) is 13.0 Å². The molecule has 0 spiro atoms. The average Bonchev–Trinajstić information content (AvgIpc) is 3.37. The molecule has 2 amide bonds. The number of halogens is 6. The van der Waals surface area contributed by atoms with Crippen LogP contribution in [-0.4, -0.2) is 104 Å². The summed E-state index contributed by atoms with van der Waals surface area (Å²) >= 11 is 0. The van der Waals surface area contributed by atoms with Crippen LogP contribution in [-0.2, 0) is 9.47 Å². The third-order valence-electron chi connectivity index (χ3n) is 12.8. The summed E-state index contributed by atoms with van der Waals surface area (Å²) in [5.74, 6) is -11.6. The van der Waals surface area contributed by atoms with Gasteiger partial charge in [-0.15, -0.1) is 0 Å². The topological polar surface area (TPSA) is 191 Å². The van der Waals surface area contributed by atoms with Crippen molar-refractivity contribution in [2.45, 2.75) is 115 Å². The molecule has 1 aromatic heterocycles. The highest BCUT2D eigenvalue weighted by atomic mass is 19.4. The van der Waals surface area contributed by atoms with Gasteiger partial charge < -0.3 is 45.6 Å². The Hall–Kier alpha value is -3.45. The summed E-state index contributed by atoms with van der Waals surface area (Å²) in [5.41, 5.74) is -6.00. The fraction of sp³-hybridized carbons (Fsp3) is 0.718. The van der Waals surface area contributed by atoms with Crippen molar-refractivity contribution < 1.29 is 70.9 Å². The molecule has 7 N–H and O–H groups in total. The van der Waals surface area contributed by atoms with E-state index in [9.17, 15) is 61.5 Å². The highest BCUT2D eigenvalue weighted by Gasteiger charge is 2.56. The molecule has 57 heavy (non-hydrogen) atoms. The number of fused-ring (bicyclic) bond motifs is 2. The quantitative estimate of drug-likeness (QED) is 0.125. The van der Waals surface area contributed by atoms with E-state index in [4.69, 9.17) is 9.47 Å². The SMILES string of the molecule is C[C@@H]1CC[C@@H](/C(CNC(=O)c2cccc(C(=O)NC/C(=C(/O)C(F)(F)F)[C@@H]3CC[C@@H](C)[C@@H]4CCC(C)(O)OC[C@]34O)n2)=C(\O)C(F)(F)F)[C@@]2(O)CO[C@@H](C)CC[C@@H]12. The number of carbonyl (C=O) groups is 2. The van der Waals surface area contributed by atoms with Gasteiger partial charge in [-0.2, -0.15) is 26.3 Å². The van der Waals surface area contributed by atoms with Gasteiger partial charge in [0.05, 0.1) is 30.5 Å². The zero-order valence-electron chi connectivity index (χ0n) is 32.3. The van der Waals surface area contributed by atoms with Gasteiger partial charge in [0, 0.05) is 42.5 Å². The van der Waals surface area contributed by atoms with Gasteiger partial charge in [0.25, 0.3) is 11.8 Å². The predicted octanol–water partition coefficient (Wildman–Crippen LogP) is 5.79. The van der Waals surface area contributed by atoms with Crippen molar-refractivity contribution >= 4 is 11.8 Å². The maximum Gasteiger partial charge on any atom is 0.448 e. The van der Waals surface area contributed by atoms with Gasteiger partial charge in [-0.25, -0.2) is 4.98 Å². The molecule has 4 aliphatic rings. The highest BCUT2D eigenvalue weighted by Crippen LogP contribution is 2.52. The lowest BCUT2D eigenvalue weighted by Crippen LogP contribution is -2.55. The summed E-state index contributed by atoms with van der Waals surface area (Å²) in [6.07, 6.45) is -8.49. The number of rotatable bonds is 8. The Kier molecular flexibility index (Phi) is 13.1. The number of hydrogen-bond acceptors (Lipinski definition) is 10. The van der Waals surface area contributed by atoms with Crippen molar-refractivity contribution in [2.24, 2.45) is 35.5 Å². The second-order valence-corrected chi connectivity index (χ2v) is 16.6. The van der Waals surface area contributed by atoms with E-state index in [1.54, 1.807) is 6.92 Å². The smallest absolute Gasteiger partial charge is 0.448 e. The second kappa shape index (κ2) is 16.7. The lowest BCUT2D eigenvalue weighted by molar-refractivity contribution is -0.223. The van der Waals surface area contributed by atoms with Gasteiger partial charge in [-0.1, -0.05) is 19.9 Å². The first kappa shape index (κ1) is 44.6. The zero-order valence-corrected chi connectivity index (χ0v) is 32.3. The number of nitrogens with zero attached hydrogens (tertiary/aromatic N) is 1. The van der Waals surface area contributed by atoms with Crippen molar-refractivity contribution in [3.05, 3.63) is 52.3 Å². The predicted molar refractivity (Wildman–Crippen MR) is 191 cm³/mol. The third kappa shape index (κ3) is 9.55. The minimum atomic E-state index is -5.26. The molecule has 18 heteroatoms. The summed E-state index contributed by atoms with van der Waals surface area (Å²) in [5, 5.41) is 59.9. The van der Waals surface area contributed by atoms with Crippen LogP contribution in [0.4, 0.5) is 26.3 Å². The minimum Gasteiger partial charge on any atom is -0.504 e. The first-order valence-electron chi connectivity index (χ1n) is 19.3. The standard InChI is InChI=1S/C39H53F6N3O9/c1-20-8-11-27(36(54)18-56-22(3)10-13-25(20)36)23(31(49)38(40,41)42)16-46-33(51)29-6-5-7-30(48-29)34(52)47-17-24(32(50)39(43,44)45)28-12-9-21(2)26-14-15-35(4,53)57-19-37(26,28)55/h5-7,20-22,25-28,49-50,53-55H,8-19H2,1-4H3,(H,46,51)(H,47,52)/b31-23-,32-24-/t20-,21-,22+,25+,26+,27+,28+,35?,36-,37-/m1/s1. The number of aromatic nitrogens is 1. The molecule has 1 unspecified atom stereocenters. The summed E-state index contributed by atoms with van der Waals surface area (Å²) in [6, 6.07) is 3.50. The van der Waals surface area contributed by atoms with Gasteiger partial charge in [0.1, 0.15) is 11.4 Å². The van der Waals surface area contributed by atoms with Crippen LogP contribution in [0.2, 0.25) is 0 Å². The highest BCUT2D eigenvalue weighted by molar-refractivity contribution is 5.96. The number of pyridine rings is 1. The van der Waals surface area contributed by atoms with Crippen LogP contribution in [0, 0.1) is 35.5 Å². The molecule has 0 bridgehead atoms. The van der Waals surface area contributed by atoms with E-state index < -0.39 is 119 Å². The first-order chi connectivity index (χ1) is 26.4. The van der Waals surface area contributed by atoms with Crippen LogP contribution >= 0.6 is 0 Å². The molecule has 0 radical (unpaired) electrons. The van der Waals surface area contributed by atoms with E-state index >= 15 is 0 Å². The number of ether oxygens (including phenoxy) is 2. The Bertz CT molecular complexity index is 1720. The van der Waals surface area contributed by atoms with E-state index in [2.05, 4.69) is 15.6 Å². The molecule has 320 valence electrons. The number of hydrogen-bond donors (Lipinski definition) is 7. The number of carbonyl (C=O) groups excluding carboxylic acids is 2. The van der Waals surface area contributed by atoms with E-state index in [0.717, 1.165) is 12.1 Å². The second-order valence-electron chi connectivity index (χ2n) is 16.6. The van der Waals surface area contributed by atoms with Crippen molar-refractivity contribution in [1.29, 1.82) is 0 Å². The fourth-order valence-corrected chi connectivity index (χ4v) is 9.57. The van der Waals surface area contributed by atoms with Crippen LogP contribution < -0.4 is 10.6 Å².